The summed E-state index contributed by atoms with van der Waals surface area (Å²) in [5, 5.41) is 0.508. The van der Waals surface area contributed by atoms with Crippen LogP contribution in [-0.2, 0) is 6.42 Å². The second-order valence-corrected chi connectivity index (χ2v) is 5.33. The number of nitrogens with two attached hydrogens (primary N) is 1. The zero-order chi connectivity index (χ0) is 14.8. The normalized spacial score (nSPS) is 17.5. The number of benzene rings is 1. The number of halogens is 1. The van der Waals surface area contributed by atoms with E-state index in [4.69, 9.17) is 22.1 Å². The molecule has 0 bridgehead atoms. The highest BCUT2D eigenvalue weighted by atomic mass is 35.5. The van der Waals surface area contributed by atoms with Crippen LogP contribution >= 0.6 is 11.6 Å². The average Bonchev–Trinajstić information content (AvgIpc) is 2.54. The Bertz CT molecular complexity index is 649. The van der Waals surface area contributed by atoms with Crippen molar-refractivity contribution in [2.45, 2.75) is 12.5 Å². The SMILES string of the molecule is COc1ncc(Cl)c(N2CCc3ccccc3C2CN)n1. The number of hydrogen-bond acceptors (Lipinski definition) is 5. The third kappa shape index (κ3) is 2.54. The van der Waals surface area contributed by atoms with Gasteiger partial charge in [-0.05, 0) is 17.5 Å². The zero-order valence-corrected chi connectivity index (χ0v) is 12.5. The van der Waals surface area contributed by atoms with Crippen LogP contribution in [0, 0.1) is 0 Å². The van der Waals surface area contributed by atoms with Crippen LogP contribution < -0.4 is 15.4 Å². The first kappa shape index (κ1) is 14.1. The summed E-state index contributed by atoms with van der Waals surface area (Å²) >= 11 is 6.27. The van der Waals surface area contributed by atoms with Gasteiger partial charge in [-0.25, -0.2) is 4.98 Å². The highest BCUT2D eigenvalue weighted by Crippen LogP contribution is 2.35. The van der Waals surface area contributed by atoms with Gasteiger partial charge in [-0.2, -0.15) is 4.98 Å². The van der Waals surface area contributed by atoms with Crippen molar-refractivity contribution in [2.24, 2.45) is 5.73 Å². The molecular formula is C15H17ClN4O. The Labute approximate surface area is 128 Å². The molecule has 0 saturated carbocycles. The maximum absolute atomic E-state index is 6.27. The van der Waals surface area contributed by atoms with Crippen molar-refractivity contribution in [3.05, 3.63) is 46.6 Å². The van der Waals surface area contributed by atoms with Gasteiger partial charge < -0.3 is 15.4 Å². The van der Waals surface area contributed by atoms with Gasteiger partial charge in [-0.3, -0.25) is 0 Å². The highest BCUT2D eigenvalue weighted by molar-refractivity contribution is 6.32. The van der Waals surface area contributed by atoms with Crippen LogP contribution in [0.2, 0.25) is 5.02 Å². The van der Waals surface area contributed by atoms with Gasteiger partial charge in [0.05, 0.1) is 19.3 Å². The summed E-state index contributed by atoms with van der Waals surface area (Å²) in [6.07, 6.45) is 2.51. The van der Waals surface area contributed by atoms with Gasteiger partial charge in [-0.15, -0.1) is 0 Å². The fraction of sp³-hybridized carbons (Fsp3) is 0.333. The number of aromatic nitrogens is 2. The summed E-state index contributed by atoms with van der Waals surface area (Å²) in [6, 6.07) is 8.73. The lowest BCUT2D eigenvalue weighted by Crippen LogP contribution is -2.40. The number of nitrogens with zero attached hydrogens (tertiary/aromatic N) is 3. The maximum Gasteiger partial charge on any atom is 0.318 e. The van der Waals surface area contributed by atoms with Gasteiger partial charge in [0.2, 0.25) is 0 Å². The van der Waals surface area contributed by atoms with Crippen molar-refractivity contribution in [1.82, 2.24) is 9.97 Å². The predicted octanol–water partition coefficient (Wildman–Crippen LogP) is 2.20. The second kappa shape index (κ2) is 5.87. The van der Waals surface area contributed by atoms with Crippen molar-refractivity contribution < 1.29 is 4.74 Å². The lowest BCUT2D eigenvalue weighted by molar-refractivity contribution is 0.379. The minimum Gasteiger partial charge on any atom is -0.467 e. The molecule has 110 valence electrons. The molecule has 0 fully saturated rings. The van der Waals surface area contributed by atoms with Crippen LogP contribution in [0.15, 0.2) is 30.5 Å². The molecule has 3 rings (SSSR count). The van der Waals surface area contributed by atoms with Gasteiger partial charge in [0, 0.05) is 13.1 Å². The quantitative estimate of drug-likeness (QED) is 0.942. The summed E-state index contributed by atoms with van der Waals surface area (Å²) in [7, 11) is 1.54. The molecule has 1 atom stereocenters. The molecule has 0 spiro atoms. The average molecular weight is 305 g/mol. The first-order valence-electron chi connectivity index (χ1n) is 6.85. The Kier molecular flexibility index (Phi) is 3.94. The molecule has 1 aromatic heterocycles. The number of ether oxygens (including phenoxy) is 1. The maximum atomic E-state index is 6.27. The summed E-state index contributed by atoms with van der Waals surface area (Å²) < 4.78 is 5.10. The van der Waals surface area contributed by atoms with E-state index in [1.807, 2.05) is 6.07 Å². The van der Waals surface area contributed by atoms with Crippen molar-refractivity contribution in [2.75, 3.05) is 25.1 Å². The predicted molar refractivity (Wildman–Crippen MR) is 82.9 cm³/mol. The van der Waals surface area contributed by atoms with E-state index in [1.54, 1.807) is 13.3 Å². The van der Waals surface area contributed by atoms with Crippen LogP contribution in [0.5, 0.6) is 6.01 Å². The molecule has 5 nitrogen and oxygen atoms in total. The molecule has 1 aliphatic heterocycles. The molecule has 0 saturated heterocycles. The van der Waals surface area contributed by atoms with Gasteiger partial charge >= 0.3 is 6.01 Å². The van der Waals surface area contributed by atoms with Crippen LogP contribution in [0.3, 0.4) is 0 Å². The van der Waals surface area contributed by atoms with E-state index in [0.29, 0.717) is 23.4 Å². The third-order valence-corrected chi connectivity index (χ3v) is 4.06. The monoisotopic (exact) mass is 304 g/mol. The smallest absolute Gasteiger partial charge is 0.318 e. The molecule has 0 radical (unpaired) electrons. The molecule has 1 aliphatic rings. The summed E-state index contributed by atoms with van der Waals surface area (Å²) in [6.45, 7) is 1.32. The molecule has 2 N–H and O–H groups in total. The first-order valence-corrected chi connectivity index (χ1v) is 7.23. The third-order valence-electron chi connectivity index (χ3n) is 3.79. The number of hydrogen-bond donors (Lipinski definition) is 1. The molecule has 21 heavy (non-hydrogen) atoms. The number of fused-ring (bicyclic) bond motifs is 1. The first-order chi connectivity index (χ1) is 10.2. The number of methoxy groups -OCH3 is 1. The van der Waals surface area contributed by atoms with Crippen LogP contribution in [0.25, 0.3) is 0 Å². The summed E-state index contributed by atoms with van der Waals surface area (Å²) in [4.78, 5) is 10.5. The van der Waals surface area contributed by atoms with E-state index >= 15 is 0 Å². The molecule has 0 amide bonds. The standard InChI is InChI=1S/C15H17ClN4O/c1-21-15-18-9-12(16)14(19-15)20-7-6-10-4-2-3-5-11(10)13(20)8-17/h2-5,9,13H,6-8,17H2,1H3. The molecular weight excluding hydrogens is 288 g/mol. The van der Waals surface area contributed by atoms with Gasteiger partial charge in [-0.1, -0.05) is 35.9 Å². The highest BCUT2D eigenvalue weighted by Gasteiger charge is 2.28. The topological polar surface area (TPSA) is 64.3 Å². The molecule has 1 aromatic carbocycles. The Morgan fingerprint density at radius 1 is 1.43 bits per heavy atom. The van der Waals surface area contributed by atoms with Gasteiger partial charge in [0.1, 0.15) is 5.02 Å². The van der Waals surface area contributed by atoms with E-state index < -0.39 is 0 Å². The summed E-state index contributed by atoms with van der Waals surface area (Å²) in [5.41, 5.74) is 8.58. The Morgan fingerprint density at radius 2 is 2.24 bits per heavy atom. The van der Waals surface area contributed by atoms with Crippen LogP contribution in [-0.4, -0.2) is 30.2 Å². The van der Waals surface area contributed by atoms with Gasteiger partial charge in [0.25, 0.3) is 0 Å². The zero-order valence-electron chi connectivity index (χ0n) is 11.8. The molecule has 2 aromatic rings. The van der Waals surface area contributed by atoms with E-state index in [0.717, 1.165) is 13.0 Å². The lowest BCUT2D eigenvalue weighted by Gasteiger charge is -2.37. The Balaban J connectivity index is 2.03. The van der Waals surface area contributed by atoms with Crippen molar-refractivity contribution in [3.8, 4) is 6.01 Å². The Hall–Kier alpha value is -1.85. The van der Waals surface area contributed by atoms with Crippen LogP contribution in [0.4, 0.5) is 5.82 Å². The van der Waals surface area contributed by atoms with E-state index in [1.165, 1.54) is 11.1 Å². The molecule has 0 aliphatic carbocycles. The molecule has 1 unspecified atom stereocenters. The van der Waals surface area contributed by atoms with Crippen molar-refractivity contribution in [1.29, 1.82) is 0 Å². The molecule has 6 heteroatoms. The number of rotatable bonds is 3. The lowest BCUT2D eigenvalue weighted by atomic mass is 9.92. The molecule has 2 heterocycles. The van der Waals surface area contributed by atoms with E-state index in [2.05, 4.69) is 33.1 Å². The van der Waals surface area contributed by atoms with E-state index in [-0.39, 0.29) is 6.04 Å². The van der Waals surface area contributed by atoms with E-state index in [9.17, 15) is 0 Å². The van der Waals surface area contributed by atoms with Crippen molar-refractivity contribution >= 4 is 17.4 Å². The van der Waals surface area contributed by atoms with Crippen molar-refractivity contribution in [3.63, 3.8) is 0 Å². The number of anilines is 1. The minimum absolute atomic E-state index is 0.0621. The van der Waals surface area contributed by atoms with Crippen LogP contribution in [0.1, 0.15) is 17.2 Å². The Morgan fingerprint density at radius 3 is 3.00 bits per heavy atom. The summed E-state index contributed by atoms with van der Waals surface area (Å²) in [5.74, 6) is 0.675. The van der Waals surface area contributed by atoms with Gasteiger partial charge in [0.15, 0.2) is 5.82 Å². The fourth-order valence-electron chi connectivity index (χ4n) is 2.80. The fourth-order valence-corrected chi connectivity index (χ4v) is 3.00. The largest absolute Gasteiger partial charge is 0.467 e. The second-order valence-electron chi connectivity index (χ2n) is 4.92. The minimum atomic E-state index is 0.0621.